The smallest absolute Gasteiger partial charge is 0.311 e. The van der Waals surface area contributed by atoms with Crippen LogP contribution in [0.4, 0.5) is 0 Å². The number of amides is 1. The molecule has 1 N–H and O–H groups in total. The highest BCUT2D eigenvalue weighted by Gasteiger charge is 2.54. The van der Waals surface area contributed by atoms with Gasteiger partial charge in [0.05, 0.1) is 26.2 Å². The van der Waals surface area contributed by atoms with E-state index in [1.54, 1.807) is 19.1 Å². The Morgan fingerprint density at radius 1 is 1.31 bits per heavy atom. The van der Waals surface area contributed by atoms with E-state index in [9.17, 15) is 14.7 Å². The number of carboxylic acids is 1. The second-order valence-electron chi connectivity index (χ2n) is 6.95. The standard InChI is InChI=1S/C19H25NO6/c1-24-15-5-3-13(9-16(15)25-2)4-6-17(21)20-10-14-11-26-8-7-19(14,12-20)18(22)23/h3,5,9,14H,4,6-8,10-12H2,1-2H3,(H,22,23)/t14-,19+/m0/s1. The van der Waals surface area contributed by atoms with Crippen LogP contribution in [-0.4, -0.2) is 62.4 Å². The molecule has 0 spiro atoms. The van der Waals surface area contributed by atoms with Crippen molar-refractivity contribution in [3.05, 3.63) is 23.8 Å². The summed E-state index contributed by atoms with van der Waals surface area (Å²) >= 11 is 0. The van der Waals surface area contributed by atoms with E-state index < -0.39 is 11.4 Å². The molecule has 2 heterocycles. The number of likely N-dealkylation sites (tertiary alicyclic amines) is 1. The molecular formula is C19H25NO6. The van der Waals surface area contributed by atoms with E-state index in [0.717, 1.165) is 5.56 Å². The molecule has 142 valence electrons. The second kappa shape index (κ2) is 7.53. The molecule has 1 aromatic rings. The van der Waals surface area contributed by atoms with Crippen LogP contribution in [-0.2, 0) is 20.7 Å². The lowest BCUT2D eigenvalue weighted by molar-refractivity contribution is -0.157. The van der Waals surface area contributed by atoms with Gasteiger partial charge in [-0.05, 0) is 30.5 Å². The third-order valence-corrected chi connectivity index (χ3v) is 5.56. The van der Waals surface area contributed by atoms with Gasteiger partial charge < -0.3 is 24.2 Å². The Labute approximate surface area is 152 Å². The van der Waals surface area contributed by atoms with Crippen LogP contribution in [0.5, 0.6) is 11.5 Å². The molecule has 2 aliphatic rings. The van der Waals surface area contributed by atoms with Gasteiger partial charge in [0.2, 0.25) is 5.91 Å². The Hall–Kier alpha value is -2.28. The minimum Gasteiger partial charge on any atom is -0.493 e. The maximum Gasteiger partial charge on any atom is 0.311 e. The van der Waals surface area contributed by atoms with Crippen LogP contribution in [0.15, 0.2) is 18.2 Å². The highest BCUT2D eigenvalue weighted by atomic mass is 16.5. The molecule has 2 saturated heterocycles. The summed E-state index contributed by atoms with van der Waals surface area (Å²) in [7, 11) is 3.15. The van der Waals surface area contributed by atoms with E-state index in [2.05, 4.69) is 0 Å². The van der Waals surface area contributed by atoms with Gasteiger partial charge in [0.25, 0.3) is 0 Å². The molecule has 2 fully saturated rings. The first-order chi connectivity index (χ1) is 12.5. The molecule has 1 aromatic carbocycles. The summed E-state index contributed by atoms with van der Waals surface area (Å²) < 4.78 is 15.9. The summed E-state index contributed by atoms with van der Waals surface area (Å²) in [5, 5.41) is 9.69. The maximum atomic E-state index is 12.6. The van der Waals surface area contributed by atoms with Crippen molar-refractivity contribution in [1.29, 1.82) is 0 Å². The van der Waals surface area contributed by atoms with Gasteiger partial charge in [-0.3, -0.25) is 9.59 Å². The number of ether oxygens (including phenoxy) is 3. The molecule has 2 atom stereocenters. The van der Waals surface area contributed by atoms with E-state index >= 15 is 0 Å². The van der Waals surface area contributed by atoms with Crippen LogP contribution in [0.1, 0.15) is 18.4 Å². The Morgan fingerprint density at radius 3 is 2.73 bits per heavy atom. The molecule has 0 bridgehead atoms. The Bertz CT molecular complexity index is 691. The van der Waals surface area contributed by atoms with E-state index in [4.69, 9.17) is 14.2 Å². The predicted octanol–water partition coefficient (Wildman–Crippen LogP) is 1.59. The van der Waals surface area contributed by atoms with Gasteiger partial charge in [-0.1, -0.05) is 6.07 Å². The van der Waals surface area contributed by atoms with Gasteiger partial charge in [0.1, 0.15) is 0 Å². The summed E-state index contributed by atoms with van der Waals surface area (Å²) in [6.45, 7) is 1.58. The fourth-order valence-electron chi connectivity index (χ4n) is 3.93. The average molecular weight is 363 g/mol. The minimum atomic E-state index is -0.850. The van der Waals surface area contributed by atoms with E-state index in [-0.39, 0.29) is 18.4 Å². The predicted molar refractivity (Wildman–Crippen MR) is 93.4 cm³/mol. The van der Waals surface area contributed by atoms with Crippen LogP contribution in [0, 0.1) is 11.3 Å². The molecule has 7 heteroatoms. The summed E-state index contributed by atoms with van der Waals surface area (Å²) in [6, 6.07) is 5.59. The second-order valence-corrected chi connectivity index (χ2v) is 6.95. The first kappa shape index (κ1) is 18.5. The number of carbonyl (C=O) groups is 2. The van der Waals surface area contributed by atoms with Gasteiger partial charge in [0.15, 0.2) is 11.5 Å². The van der Waals surface area contributed by atoms with Gasteiger partial charge in [0, 0.05) is 32.0 Å². The van der Waals surface area contributed by atoms with E-state index in [1.807, 2.05) is 18.2 Å². The summed E-state index contributed by atoms with van der Waals surface area (Å²) in [6.07, 6.45) is 1.36. The van der Waals surface area contributed by atoms with E-state index in [1.165, 1.54) is 0 Å². The fourth-order valence-corrected chi connectivity index (χ4v) is 3.93. The first-order valence-corrected chi connectivity index (χ1v) is 8.80. The minimum absolute atomic E-state index is 0.0187. The summed E-state index contributed by atoms with van der Waals surface area (Å²) in [5.74, 6) is 0.316. The van der Waals surface area contributed by atoms with Gasteiger partial charge in [-0.15, -0.1) is 0 Å². The maximum absolute atomic E-state index is 12.6. The Balaban J connectivity index is 1.63. The number of carbonyl (C=O) groups excluding carboxylic acids is 1. The zero-order valence-corrected chi connectivity index (χ0v) is 15.2. The monoisotopic (exact) mass is 363 g/mol. The summed E-state index contributed by atoms with van der Waals surface area (Å²) in [5.41, 5.74) is 0.126. The zero-order valence-electron chi connectivity index (χ0n) is 15.2. The third-order valence-electron chi connectivity index (χ3n) is 5.56. The summed E-state index contributed by atoms with van der Waals surface area (Å²) in [4.78, 5) is 26.1. The number of aliphatic carboxylic acids is 1. The van der Waals surface area contributed by atoms with E-state index in [0.29, 0.717) is 50.5 Å². The molecule has 2 aliphatic heterocycles. The molecule has 0 radical (unpaired) electrons. The van der Waals surface area contributed by atoms with Crippen molar-refractivity contribution in [2.24, 2.45) is 11.3 Å². The number of nitrogens with zero attached hydrogens (tertiary/aromatic N) is 1. The Kier molecular flexibility index (Phi) is 5.36. The molecule has 0 aliphatic carbocycles. The first-order valence-electron chi connectivity index (χ1n) is 8.80. The number of hydrogen-bond donors (Lipinski definition) is 1. The molecule has 26 heavy (non-hydrogen) atoms. The van der Waals surface area contributed by atoms with Crippen LogP contribution >= 0.6 is 0 Å². The highest BCUT2D eigenvalue weighted by Crippen LogP contribution is 2.42. The van der Waals surface area contributed by atoms with Crippen LogP contribution < -0.4 is 9.47 Å². The highest BCUT2D eigenvalue weighted by molar-refractivity contribution is 5.81. The Morgan fingerprint density at radius 2 is 2.08 bits per heavy atom. The molecule has 0 saturated carbocycles. The largest absolute Gasteiger partial charge is 0.493 e. The number of fused-ring (bicyclic) bond motifs is 1. The van der Waals surface area contributed by atoms with Crippen LogP contribution in [0.3, 0.4) is 0 Å². The number of rotatable bonds is 6. The number of benzene rings is 1. The SMILES string of the molecule is COc1ccc(CCC(=O)N2C[C@H]3COCC[C@@]3(C(=O)O)C2)cc1OC. The average Bonchev–Trinajstić information content (AvgIpc) is 3.07. The normalized spacial score (nSPS) is 24.8. The fraction of sp³-hybridized carbons (Fsp3) is 0.579. The van der Waals surface area contributed by atoms with Crippen molar-refractivity contribution >= 4 is 11.9 Å². The number of hydrogen-bond acceptors (Lipinski definition) is 5. The van der Waals surface area contributed by atoms with Crippen molar-refractivity contribution in [2.45, 2.75) is 19.3 Å². The lowest BCUT2D eigenvalue weighted by Crippen LogP contribution is -2.45. The van der Waals surface area contributed by atoms with Crippen molar-refractivity contribution in [2.75, 3.05) is 40.5 Å². The number of methoxy groups -OCH3 is 2. The van der Waals surface area contributed by atoms with Crippen molar-refractivity contribution < 1.29 is 28.9 Å². The number of aryl methyl sites for hydroxylation is 1. The van der Waals surface area contributed by atoms with Crippen molar-refractivity contribution in [3.63, 3.8) is 0 Å². The number of carboxylic acid groups (broad SMARTS) is 1. The molecule has 0 aromatic heterocycles. The quantitative estimate of drug-likeness (QED) is 0.826. The molecule has 1 amide bonds. The zero-order chi connectivity index (χ0) is 18.7. The van der Waals surface area contributed by atoms with Gasteiger partial charge >= 0.3 is 5.97 Å². The van der Waals surface area contributed by atoms with Crippen molar-refractivity contribution in [1.82, 2.24) is 4.90 Å². The van der Waals surface area contributed by atoms with Gasteiger partial charge in [-0.25, -0.2) is 0 Å². The molecule has 3 rings (SSSR count). The van der Waals surface area contributed by atoms with Crippen LogP contribution in [0.2, 0.25) is 0 Å². The molecule has 7 nitrogen and oxygen atoms in total. The lowest BCUT2D eigenvalue weighted by Gasteiger charge is -2.33. The lowest BCUT2D eigenvalue weighted by atomic mass is 9.74. The molecular weight excluding hydrogens is 338 g/mol. The van der Waals surface area contributed by atoms with Crippen LogP contribution in [0.25, 0.3) is 0 Å². The topological polar surface area (TPSA) is 85.3 Å². The third kappa shape index (κ3) is 3.35. The molecule has 0 unspecified atom stereocenters. The van der Waals surface area contributed by atoms with Crippen molar-refractivity contribution in [3.8, 4) is 11.5 Å². The van der Waals surface area contributed by atoms with Gasteiger partial charge in [-0.2, -0.15) is 0 Å².